The Morgan fingerprint density at radius 1 is 1.10 bits per heavy atom. The Bertz CT molecular complexity index is 601. The predicted molar refractivity (Wildman–Crippen MR) is 89.2 cm³/mol. The van der Waals surface area contributed by atoms with Crippen LogP contribution in [0.2, 0.25) is 10.0 Å². The van der Waals surface area contributed by atoms with Crippen molar-refractivity contribution in [2.75, 3.05) is 0 Å². The van der Waals surface area contributed by atoms with E-state index in [1.807, 2.05) is 42.5 Å². The molecule has 2 nitrogen and oxygen atoms in total. The zero-order valence-electron chi connectivity index (χ0n) is 12.0. The quantitative estimate of drug-likeness (QED) is 0.824. The summed E-state index contributed by atoms with van der Waals surface area (Å²) in [6, 6.07) is 13.4. The van der Waals surface area contributed by atoms with Gasteiger partial charge in [0.05, 0.1) is 0 Å². The number of hydrogen-bond acceptors (Lipinski definition) is 2. The van der Waals surface area contributed by atoms with Gasteiger partial charge in [0.2, 0.25) is 0 Å². The number of benzene rings is 2. The van der Waals surface area contributed by atoms with Crippen molar-refractivity contribution in [3.63, 3.8) is 0 Å². The van der Waals surface area contributed by atoms with Crippen molar-refractivity contribution in [1.29, 1.82) is 0 Å². The van der Waals surface area contributed by atoms with Crippen LogP contribution in [-0.2, 0) is 13.0 Å². The van der Waals surface area contributed by atoms with Gasteiger partial charge in [0, 0.05) is 16.1 Å². The van der Waals surface area contributed by atoms with Gasteiger partial charge in [-0.2, -0.15) is 0 Å². The van der Waals surface area contributed by atoms with Crippen molar-refractivity contribution in [2.24, 2.45) is 5.73 Å². The molecule has 1 atom stereocenters. The Kier molecular flexibility index (Phi) is 5.92. The second kappa shape index (κ2) is 7.69. The van der Waals surface area contributed by atoms with Gasteiger partial charge in [0.1, 0.15) is 12.4 Å². The third-order valence-electron chi connectivity index (χ3n) is 3.31. The molecule has 0 aliphatic heterocycles. The van der Waals surface area contributed by atoms with E-state index in [4.69, 9.17) is 33.7 Å². The molecule has 0 saturated carbocycles. The SMILES string of the molecule is CCC(N)Cc1cc(Cl)ccc1OCc1cccc(Cl)c1. The van der Waals surface area contributed by atoms with Gasteiger partial charge < -0.3 is 10.5 Å². The maximum atomic E-state index is 6.07. The fraction of sp³-hybridized carbons (Fsp3) is 0.294. The van der Waals surface area contributed by atoms with E-state index in [2.05, 4.69) is 6.92 Å². The van der Waals surface area contributed by atoms with Gasteiger partial charge in [0.15, 0.2) is 0 Å². The highest BCUT2D eigenvalue weighted by Gasteiger charge is 2.09. The van der Waals surface area contributed by atoms with E-state index in [-0.39, 0.29) is 6.04 Å². The summed E-state index contributed by atoms with van der Waals surface area (Å²) >= 11 is 12.0. The molecule has 4 heteroatoms. The van der Waals surface area contributed by atoms with E-state index < -0.39 is 0 Å². The fourth-order valence-corrected chi connectivity index (χ4v) is 2.47. The van der Waals surface area contributed by atoms with E-state index in [9.17, 15) is 0 Å². The van der Waals surface area contributed by atoms with Crippen molar-refractivity contribution < 1.29 is 4.74 Å². The summed E-state index contributed by atoms with van der Waals surface area (Å²) in [6.07, 6.45) is 1.67. The van der Waals surface area contributed by atoms with Crippen molar-refractivity contribution in [1.82, 2.24) is 0 Å². The molecule has 21 heavy (non-hydrogen) atoms. The zero-order valence-corrected chi connectivity index (χ0v) is 13.5. The zero-order chi connectivity index (χ0) is 15.2. The van der Waals surface area contributed by atoms with Crippen LogP contribution >= 0.6 is 23.2 Å². The number of nitrogens with two attached hydrogens (primary N) is 1. The molecule has 0 fully saturated rings. The summed E-state index contributed by atoms with van der Waals surface area (Å²) in [7, 11) is 0. The highest BCUT2D eigenvalue weighted by molar-refractivity contribution is 6.30. The molecule has 0 spiro atoms. The van der Waals surface area contributed by atoms with E-state index in [1.165, 1.54) is 0 Å². The lowest BCUT2D eigenvalue weighted by Gasteiger charge is -2.15. The summed E-state index contributed by atoms with van der Waals surface area (Å²) in [4.78, 5) is 0. The summed E-state index contributed by atoms with van der Waals surface area (Å²) in [5, 5.41) is 1.41. The first kappa shape index (κ1) is 16.2. The lowest BCUT2D eigenvalue weighted by molar-refractivity contribution is 0.302. The Morgan fingerprint density at radius 3 is 2.57 bits per heavy atom. The third-order valence-corrected chi connectivity index (χ3v) is 3.78. The highest BCUT2D eigenvalue weighted by Crippen LogP contribution is 2.25. The van der Waals surface area contributed by atoms with Gasteiger partial charge in [0.25, 0.3) is 0 Å². The lowest BCUT2D eigenvalue weighted by Crippen LogP contribution is -2.21. The first-order valence-electron chi connectivity index (χ1n) is 6.99. The third kappa shape index (κ3) is 4.92. The van der Waals surface area contributed by atoms with Crippen molar-refractivity contribution in [3.8, 4) is 5.75 Å². The minimum atomic E-state index is 0.108. The molecule has 0 saturated heterocycles. The molecule has 2 rings (SSSR count). The summed E-state index contributed by atoms with van der Waals surface area (Å²) in [6.45, 7) is 2.54. The van der Waals surface area contributed by atoms with Crippen LogP contribution in [0.15, 0.2) is 42.5 Å². The van der Waals surface area contributed by atoms with Crippen LogP contribution in [-0.4, -0.2) is 6.04 Å². The number of ether oxygens (including phenoxy) is 1. The molecular weight excluding hydrogens is 305 g/mol. The van der Waals surface area contributed by atoms with Gasteiger partial charge >= 0.3 is 0 Å². The monoisotopic (exact) mass is 323 g/mol. The normalized spacial score (nSPS) is 12.2. The average molecular weight is 324 g/mol. The molecule has 2 aromatic rings. The van der Waals surface area contributed by atoms with Gasteiger partial charge in [-0.3, -0.25) is 0 Å². The van der Waals surface area contributed by atoms with Gasteiger partial charge in [-0.1, -0.05) is 42.3 Å². The topological polar surface area (TPSA) is 35.2 Å². The highest BCUT2D eigenvalue weighted by atomic mass is 35.5. The van der Waals surface area contributed by atoms with E-state index in [1.54, 1.807) is 0 Å². The number of rotatable bonds is 6. The fourth-order valence-electron chi connectivity index (χ4n) is 2.06. The van der Waals surface area contributed by atoms with Crippen molar-refractivity contribution >= 4 is 23.2 Å². The molecule has 112 valence electrons. The second-order valence-corrected chi connectivity index (χ2v) is 5.92. The second-order valence-electron chi connectivity index (χ2n) is 5.04. The lowest BCUT2D eigenvalue weighted by atomic mass is 10.0. The van der Waals surface area contributed by atoms with Crippen LogP contribution in [0.25, 0.3) is 0 Å². The van der Waals surface area contributed by atoms with Crippen LogP contribution in [0.4, 0.5) is 0 Å². The van der Waals surface area contributed by atoms with Crippen LogP contribution < -0.4 is 10.5 Å². The Balaban J connectivity index is 2.11. The van der Waals surface area contributed by atoms with Crippen molar-refractivity contribution in [2.45, 2.75) is 32.4 Å². The Hall–Kier alpha value is -1.22. The Morgan fingerprint density at radius 2 is 1.86 bits per heavy atom. The molecule has 2 aromatic carbocycles. The minimum absolute atomic E-state index is 0.108. The summed E-state index contributed by atoms with van der Waals surface area (Å²) in [5.41, 5.74) is 8.11. The summed E-state index contributed by atoms with van der Waals surface area (Å²) < 4.78 is 5.91. The van der Waals surface area contributed by atoms with Gasteiger partial charge in [-0.05, 0) is 54.3 Å². The van der Waals surface area contributed by atoms with E-state index >= 15 is 0 Å². The maximum Gasteiger partial charge on any atom is 0.123 e. The smallest absolute Gasteiger partial charge is 0.123 e. The molecule has 0 aliphatic carbocycles. The Labute approximate surface area is 135 Å². The van der Waals surface area contributed by atoms with E-state index in [0.717, 1.165) is 29.7 Å². The first-order chi connectivity index (χ1) is 10.1. The van der Waals surface area contributed by atoms with Crippen LogP contribution in [0.3, 0.4) is 0 Å². The first-order valence-corrected chi connectivity index (χ1v) is 7.75. The van der Waals surface area contributed by atoms with E-state index in [0.29, 0.717) is 16.7 Å². The summed E-state index contributed by atoms with van der Waals surface area (Å²) in [5.74, 6) is 0.822. The molecule has 2 N–H and O–H groups in total. The predicted octanol–water partition coefficient (Wildman–Crippen LogP) is 4.85. The molecule has 1 unspecified atom stereocenters. The van der Waals surface area contributed by atoms with Crippen LogP contribution in [0.5, 0.6) is 5.75 Å². The average Bonchev–Trinajstić information content (AvgIpc) is 2.46. The molecule has 0 aliphatic rings. The molecule has 0 bridgehead atoms. The molecule has 0 amide bonds. The largest absolute Gasteiger partial charge is 0.489 e. The maximum absolute atomic E-state index is 6.07. The molecule has 0 radical (unpaired) electrons. The van der Waals surface area contributed by atoms with Crippen LogP contribution in [0.1, 0.15) is 24.5 Å². The number of halogens is 2. The minimum Gasteiger partial charge on any atom is -0.489 e. The standard InChI is InChI=1S/C17H19Cl2NO/c1-2-16(20)10-13-9-15(19)6-7-17(13)21-11-12-4-3-5-14(18)8-12/h3-9,16H,2,10-11,20H2,1H3. The number of hydrogen-bond donors (Lipinski definition) is 1. The molecular formula is C17H19Cl2NO. The van der Waals surface area contributed by atoms with Gasteiger partial charge in [-0.15, -0.1) is 0 Å². The van der Waals surface area contributed by atoms with Crippen LogP contribution in [0, 0.1) is 0 Å². The molecule has 0 aromatic heterocycles. The van der Waals surface area contributed by atoms with Gasteiger partial charge in [-0.25, -0.2) is 0 Å². The molecule has 0 heterocycles. The van der Waals surface area contributed by atoms with Crippen molar-refractivity contribution in [3.05, 3.63) is 63.6 Å².